The number of benzene rings is 2. The number of H-pyrrole nitrogens is 1. The van der Waals surface area contributed by atoms with E-state index >= 15 is 0 Å². The van der Waals surface area contributed by atoms with Gasteiger partial charge >= 0.3 is 5.97 Å². The third kappa shape index (κ3) is 3.92. The molecule has 1 aromatic heterocycles. The Morgan fingerprint density at radius 1 is 0.963 bits per heavy atom. The summed E-state index contributed by atoms with van der Waals surface area (Å²) < 4.78 is 0. The molecule has 1 amide bonds. The largest absolute Gasteiger partial charge is 0.478 e. The highest BCUT2D eigenvalue weighted by atomic mass is 16.4. The first kappa shape index (κ1) is 18.5. The molecule has 0 radical (unpaired) electrons. The average Bonchev–Trinajstić information content (AvgIpc) is 3.13. The highest BCUT2D eigenvalue weighted by molar-refractivity contribution is 6.00. The molecule has 0 spiro atoms. The fraction of sp³-hybridized carbons (Fsp3) is 0.182. The van der Waals surface area contributed by atoms with Gasteiger partial charge in [-0.15, -0.1) is 0 Å². The minimum atomic E-state index is -0.857. The van der Waals surface area contributed by atoms with Crippen LogP contribution in [0.25, 0.3) is 11.1 Å². The number of amides is 1. The minimum Gasteiger partial charge on any atom is -0.478 e. The number of anilines is 1. The third-order valence-electron chi connectivity index (χ3n) is 4.74. The lowest BCUT2D eigenvalue weighted by Gasteiger charge is -2.04. The number of carboxylic acid groups (broad SMARTS) is 1. The maximum atomic E-state index is 11.2. The van der Waals surface area contributed by atoms with Crippen LogP contribution < -0.4 is 5.32 Å². The lowest BCUT2D eigenvalue weighted by atomic mass is 10.0. The quantitative estimate of drug-likeness (QED) is 0.628. The van der Waals surface area contributed by atoms with Crippen molar-refractivity contribution in [1.82, 2.24) is 4.98 Å². The Kier molecular flexibility index (Phi) is 5.12. The molecule has 27 heavy (non-hydrogen) atoms. The van der Waals surface area contributed by atoms with Gasteiger partial charge in [0.25, 0.3) is 0 Å². The highest BCUT2D eigenvalue weighted by Crippen LogP contribution is 2.29. The van der Waals surface area contributed by atoms with Gasteiger partial charge in [-0.25, -0.2) is 4.79 Å². The van der Waals surface area contributed by atoms with Crippen LogP contribution in [-0.4, -0.2) is 22.0 Å². The summed E-state index contributed by atoms with van der Waals surface area (Å²) >= 11 is 0. The molecule has 0 aliphatic carbocycles. The Bertz CT molecular complexity index is 1000. The molecule has 1 aliphatic rings. The third-order valence-corrected chi connectivity index (χ3v) is 4.74. The molecule has 0 unspecified atom stereocenters. The zero-order valence-corrected chi connectivity index (χ0v) is 15.6. The maximum Gasteiger partial charge on any atom is 0.337 e. The Hall–Kier alpha value is -3.34. The van der Waals surface area contributed by atoms with E-state index in [0.29, 0.717) is 12.0 Å². The van der Waals surface area contributed by atoms with E-state index in [4.69, 9.17) is 5.11 Å². The minimum absolute atomic E-state index is 0.0835. The number of aryl methyl sites for hydroxylation is 2. The Morgan fingerprint density at radius 2 is 1.67 bits per heavy atom. The molecule has 4 rings (SSSR count). The summed E-state index contributed by atoms with van der Waals surface area (Å²) in [5.74, 6) is -0.774. The van der Waals surface area contributed by atoms with Crippen LogP contribution in [0.4, 0.5) is 5.69 Å². The summed E-state index contributed by atoms with van der Waals surface area (Å²) in [6, 6.07) is 16.3. The van der Waals surface area contributed by atoms with Gasteiger partial charge in [0.05, 0.1) is 12.0 Å². The molecule has 0 saturated heterocycles. The zero-order valence-electron chi connectivity index (χ0n) is 15.6. The number of aromatic nitrogens is 1. The van der Waals surface area contributed by atoms with Gasteiger partial charge in [0.2, 0.25) is 5.91 Å². The first-order valence-corrected chi connectivity index (χ1v) is 8.74. The molecule has 0 bridgehead atoms. The summed E-state index contributed by atoms with van der Waals surface area (Å²) in [6.07, 6.45) is 0.504. The van der Waals surface area contributed by atoms with E-state index < -0.39 is 5.97 Å². The van der Waals surface area contributed by atoms with E-state index in [1.54, 1.807) is 6.92 Å². The monoisotopic (exact) mass is 362 g/mol. The topological polar surface area (TPSA) is 82.2 Å². The molecule has 3 aromatic rings. The lowest BCUT2D eigenvalue weighted by molar-refractivity contribution is -0.115. The van der Waals surface area contributed by atoms with Gasteiger partial charge in [-0.3, -0.25) is 4.79 Å². The van der Waals surface area contributed by atoms with Gasteiger partial charge in [0.15, 0.2) is 0 Å². The van der Waals surface area contributed by atoms with Gasteiger partial charge in [0.1, 0.15) is 0 Å². The first-order valence-electron chi connectivity index (χ1n) is 8.74. The van der Waals surface area contributed by atoms with Crippen molar-refractivity contribution in [3.05, 3.63) is 76.6 Å². The van der Waals surface area contributed by atoms with Crippen molar-refractivity contribution in [2.75, 3.05) is 5.32 Å². The molecular weight excluding hydrogens is 340 g/mol. The van der Waals surface area contributed by atoms with Gasteiger partial charge in [-0.05, 0) is 49.1 Å². The highest BCUT2D eigenvalue weighted by Gasteiger charge is 2.17. The molecule has 0 atom stereocenters. The van der Waals surface area contributed by atoms with Crippen molar-refractivity contribution in [3.63, 3.8) is 0 Å². The van der Waals surface area contributed by atoms with E-state index in [1.165, 1.54) is 5.56 Å². The maximum absolute atomic E-state index is 11.2. The number of nitrogens with one attached hydrogen (secondary N) is 2. The second kappa shape index (κ2) is 7.50. The zero-order chi connectivity index (χ0) is 19.6. The predicted molar refractivity (Wildman–Crippen MR) is 106 cm³/mol. The van der Waals surface area contributed by atoms with Crippen molar-refractivity contribution in [2.24, 2.45) is 0 Å². The van der Waals surface area contributed by atoms with Crippen LogP contribution in [0.5, 0.6) is 0 Å². The number of carbonyl (C=O) groups is 2. The number of rotatable bonds is 2. The molecule has 2 heterocycles. The second-order valence-corrected chi connectivity index (χ2v) is 6.64. The first-order chi connectivity index (χ1) is 12.9. The molecule has 0 saturated carbocycles. The lowest BCUT2D eigenvalue weighted by Crippen LogP contribution is -2.03. The van der Waals surface area contributed by atoms with E-state index in [9.17, 15) is 9.59 Å². The van der Waals surface area contributed by atoms with Crippen molar-refractivity contribution in [1.29, 1.82) is 0 Å². The summed E-state index contributed by atoms with van der Waals surface area (Å²) in [6.45, 7) is 5.44. The average molecular weight is 362 g/mol. The van der Waals surface area contributed by atoms with Crippen LogP contribution in [0.3, 0.4) is 0 Å². The van der Waals surface area contributed by atoms with Crippen LogP contribution in [0.15, 0.2) is 48.5 Å². The normalized spacial score (nSPS) is 12.0. The van der Waals surface area contributed by atoms with Gasteiger partial charge in [-0.2, -0.15) is 0 Å². The van der Waals surface area contributed by atoms with Crippen LogP contribution in [0.1, 0.15) is 32.9 Å². The number of aromatic amines is 1. The SMILES string of the molecule is Cc1[nH]c(C)c(C(=O)O)c1C.O=C1Cc2ccc(-c3ccccc3)cc2N1. The number of hydrogen-bond acceptors (Lipinski definition) is 2. The van der Waals surface area contributed by atoms with Crippen molar-refractivity contribution in [3.8, 4) is 11.1 Å². The molecule has 0 fully saturated rings. The van der Waals surface area contributed by atoms with E-state index in [2.05, 4.69) is 28.5 Å². The van der Waals surface area contributed by atoms with Crippen molar-refractivity contribution >= 4 is 17.6 Å². The second-order valence-electron chi connectivity index (χ2n) is 6.64. The summed E-state index contributed by atoms with van der Waals surface area (Å²) in [4.78, 5) is 24.8. The van der Waals surface area contributed by atoms with E-state index in [-0.39, 0.29) is 5.91 Å². The molecule has 5 nitrogen and oxygen atoms in total. The molecular formula is C22H22N2O3. The van der Waals surface area contributed by atoms with E-state index in [1.807, 2.05) is 44.2 Å². The number of hydrogen-bond donors (Lipinski definition) is 3. The number of aromatic carboxylic acids is 1. The van der Waals surface area contributed by atoms with Crippen LogP contribution in [0, 0.1) is 20.8 Å². The fourth-order valence-electron chi connectivity index (χ4n) is 3.25. The van der Waals surface area contributed by atoms with Crippen molar-refractivity contribution in [2.45, 2.75) is 27.2 Å². The Labute approximate surface area is 158 Å². The van der Waals surface area contributed by atoms with Crippen LogP contribution in [0.2, 0.25) is 0 Å². The summed E-state index contributed by atoms with van der Waals surface area (Å²) in [5, 5.41) is 11.6. The molecule has 5 heteroatoms. The molecule has 3 N–H and O–H groups in total. The van der Waals surface area contributed by atoms with Gasteiger partial charge < -0.3 is 15.4 Å². The summed E-state index contributed by atoms with van der Waals surface area (Å²) in [5.41, 5.74) is 7.24. The molecule has 2 aromatic carbocycles. The van der Waals surface area contributed by atoms with E-state index in [0.717, 1.165) is 33.8 Å². The number of carboxylic acids is 1. The summed E-state index contributed by atoms with van der Waals surface area (Å²) in [7, 11) is 0. The molecule has 138 valence electrons. The van der Waals surface area contributed by atoms with Gasteiger partial charge in [0, 0.05) is 17.1 Å². The Balaban J connectivity index is 0.000000168. The fourth-order valence-corrected chi connectivity index (χ4v) is 3.25. The van der Waals surface area contributed by atoms with Crippen LogP contribution >= 0.6 is 0 Å². The predicted octanol–water partition coefficient (Wildman–Crippen LogP) is 4.49. The van der Waals surface area contributed by atoms with Crippen LogP contribution in [-0.2, 0) is 11.2 Å². The molecule has 1 aliphatic heterocycles. The number of fused-ring (bicyclic) bond motifs is 1. The smallest absolute Gasteiger partial charge is 0.337 e. The van der Waals surface area contributed by atoms with Gasteiger partial charge in [-0.1, -0.05) is 42.5 Å². The number of carbonyl (C=O) groups excluding carboxylic acids is 1. The Morgan fingerprint density at radius 3 is 2.22 bits per heavy atom. The standard InChI is InChI=1S/C14H11NO.C8H11NO2/c16-14-9-12-7-6-11(8-13(12)15-14)10-4-2-1-3-5-10;1-4-5(2)9-6(3)7(4)8(10)11/h1-8H,9H2,(H,15,16);9H,1-3H3,(H,10,11). The van der Waals surface area contributed by atoms with Crippen molar-refractivity contribution < 1.29 is 14.7 Å².